The number of anilines is 1. The quantitative estimate of drug-likeness (QED) is 0.578. The number of methoxy groups -OCH3 is 1. The molecule has 0 unspecified atom stereocenters. The third-order valence-electron chi connectivity index (χ3n) is 2.34. The van der Waals surface area contributed by atoms with Gasteiger partial charge < -0.3 is 14.7 Å². The molecule has 14 heavy (non-hydrogen) atoms. The fourth-order valence-corrected chi connectivity index (χ4v) is 1.34. The molecule has 1 fully saturated rings. The molecule has 1 N–H and O–H groups in total. The Bertz CT molecular complexity index is 300. The summed E-state index contributed by atoms with van der Waals surface area (Å²) in [5, 5.41) is 8.80. The molecule has 1 aromatic heterocycles. The largest absolute Gasteiger partial charge is 0.449 e. The molecule has 1 aliphatic rings. The maximum absolute atomic E-state index is 8.80. The number of hydrogen-bond donors (Lipinski definition) is 1. The van der Waals surface area contributed by atoms with E-state index in [9.17, 15) is 0 Å². The van der Waals surface area contributed by atoms with Crippen LogP contribution in [0.3, 0.4) is 0 Å². The molecule has 74 valence electrons. The second-order valence-electron chi connectivity index (χ2n) is 3.31. The fraction of sp³-hybridized carbons (Fsp3) is 0.500. The molecule has 0 spiro atoms. The highest BCUT2D eigenvalue weighted by Crippen LogP contribution is 2.16. The molecular weight excluding hydrogens is 181 g/mol. The van der Waals surface area contributed by atoms with Gasteiger partial charge in [-0.2, -0.15) is 0 Å². The summed E-state index contributed by atoms with van der Waals surface area (Å²) in [6, 6.07) is 0. The van der Waals surface area contributed by atoms with E-state index in [0.717, 1.165) is 18.6 Å². The van der Waals surface area contributed by atoms with Crippen molar-refractivity contribution in [1.82, 2.24) is 9.97 Å². The van der Waals surface area contributed by atoms with Gasteiger partial charge in [-0.3, -0.25) is 0 Å². The van der Waals surface area contributed by atoms with Gasteiger partial charge in [0.05, 0.1) is 6.10 Å². The van der Waals surface area contributed by atoms with Crippen molar-refractivity contribution >= 4 is 18.9 Å². The normalized spacial score (nSPS) is 16.6. The average Bonchev–Trinajstić information content (AvgIpc) is 2.17. The second-order valence-corrected chi connectivity index (χ2v) is 3.31. The molecular formula is C8H12BN3O2. The van der Waals surface area contributed by atoms with E-state index in [1.165, 1.54) is 0 Å². The van der Waals surface area contributed by atoms with Crippen LogP contribution in [0, 0.1) is 0 Å². The topological polar surface area (TPSA) is 58.5 Å². The third kappa shape index (κ3) is 1.71. The van der Waals surface area contributed by atoms with E-state index in [1.54, 1.807) is 19.5 Å². The first-order valence-electron chi connectivity index (χ1n) is 4.53. The Kier molecular flexibility index (Phi) is 2.65. The Balaban J connectivity index is 1.98. The molecule has 0 bridgehead atoms. The van der Waals surface area contributed by atoms with E-state index in [0.29, 0.717) is 12.1 Å². The first kappa shape index (κ1) is 9.42. The zero-order valence-electron chi connectivity index (χ0n) is 8.05. The van der Waals surface area contributed by atoms with E-state index in [1.807, 2.05) is 4.90 Å². The third-order valence-corrected chi connectivity index (χ3v) is 2.34. The van der Waals surface area contributed by atoms with Crippen LogP contribution >= 0.6 is 0 Å². The fourth-order valence-electron chi connectivity index (χ4n) is 1.34. The van der Waals surface area contributed by atoms with Crippen LogP contribution < -0.4 is 10.4 Å². The summed E-state index contributed by atoms with van der Waals surface area (Å²) in [5.74, 6) is 0.704. The summed E-state index contributed by atoms with van der Waals surface area (Å²) in [6.45, 7) is 1.68. The molecule has 6 heteroatoms. The van der Waals surface area contributed by atoms with Crippen molar-refractivity contribution in [3.05, 3.63) is 12.4 Å². The van der Waals surface area contributed by atoms with Gasteiger partial charge in [0.2, 0.25) is 5.95 Å². The Morgan fingerprint density at radius 3 is 2.64 bits per heavy atom. The van der Waals surface area contributed by atoms with Crippen LogP contribution in [-0.2, 0) is 4.74 Å². The molecule has 0 atom stereocenters. The summed E-state index contributed by atoms with van der Waals surface area (Å²) < 4.78 is 5.15. The standard InChI is InChI=1S/C8H12BN3O2/c1-14-7-4-12(5-7)8-10-2-6(9-13)3-11-8/h2-3,7,9,13H,4-5H2,1H3. The monoisotopic (exact) mass is 193 g/mol. The zero-order chi connectivity index (χ0) is 9.97. The number of aromatic nitrogens is 2. The molecule has 0 radical (unpaired) electrons. The number of hydrogen-bond acceptors (Lipinski definition) is 5. The van der Waals surface area contributed by atoms with Crippen LogP contribution in [0.1, 0.15) is 0 Å². The summed E-state index contributed by atoms with van der Waals surface area (Å²) in [4.78, 5) is 10.3. The molecule has 1 saturated heterocycles. The SMILES string of the molecule is COC1CN(c2ncc(BO)cn2)C1. The lowest BCUT2D eigenvalue weighted by Gasteiger charge is -2.37. The second kappa shape index (κ2) is 3.94. The van der Waals surface area contributed by atoms with Crippen molar-refractivity contribution in [2.75, 3.05) is 25.1 Å². The number of rotatable bonds is 3. The van der Waals surface area contributed by atoms with Crippen molar-refractivity contribution in [2.45, 2.75) is 6.10 Å². The van der Waals surface area contributed by atoms with Crippen molar-refractivity contribution in [3.63, 3.8) is 0 Å². The Labute approximate surface area is 83.0 Å². The highest BCUT2D eigenvalue weighted by molar-refractivity contribution is 6.45. The molecule has 2 rings (SSSR count). The van der Waals surface area contributed by atoms with E-state index in [4.69, 9.17) is 9.76 Å². The van der Waals surface area contributed by atoms with Crippen molar-refractivity contribution in [3.8, 4) is 0 Å². The molecule has 5 nitrogen and oxygen atoms in total. The minimum absolute atomic E-state index is 0.0129. The molecule has 0 saturated carbocycles. The van der Waals surface area contributed by atoms with Gasteiger partial charge in [-0.05, 0) is 5.46 Å². The number of ether oxygens (including phenoxy) is 1. The molecule has 1 aliphatic heterocycles. The van der Waals surface area contributed by atoms with E-state index in [2.05, 4.69) is 9.97 Å². The van der Waals surface area contributed by atoms with Crippen molar-refractivity contribution in [1.29, 1.82) is 0 Å². The van der Waals surface area contributed by atoms with Crippen LogP contribution in [0.2, 0.25) is 0 Å². The maximum Gasteiger partial charge on any atom is 0.307 e. The Hall–Kier alpha value is -1.14. The Morgan fingerprint density at radius 2 is 2.14 bits per heavy atom. The van der Waals surface area contributed by atoms with E-state index in [-0.39, 0.29) is 7.48 Å². The van der Waals surface area contributed by atoms with Gasteiger partial charge in [0, 0.05) is 32.6 Å². The molecule has 0 aliphatic carbocycles. The van der Waals surface area contributed by atoms with Gasteiger partial charge in [-0.15, -0.1) is 0 Å². The highest BCUT2D eigenvalue weighted by Gasteiger charge is 2.28. The van der Waals surface area contributed by atoms with Crippen LogP contribution in [0.25, 0.3) is 0 Å². The zero-order valence-corrected chi connectivity index (χ0v) is 8.05. The lowest BCUT2D eigenvalue weighted by molar-refractivity contribution is 0.0778. The van der Waals surface area contributed by atoms with Gasteiger partial charge in [-0.1, -0.05) is 0 Å². The van der Waals surface area contributed by atoms with Gasteiger partial charge >= 0.3 is 7.48 Å². The minimum atomic E-state index is -0.0129. The lowest BCUT2D eigenvalue weighted by atomic mass is 9.92. The summed E-state index contributed by atoms with van der Waals surface area (Å²) in [6.07, 6.45) is 3.58. The smallest absolute Gasteiger partial charge is 0.307 e. The summed E-state index contributed by atoms with van der Waals surface area (Å²) >= 11 is 0. The predicted octanol–water partition coefficient (Wildman–Crippen LogP) is -1.72. The maximum atomic E-state index is 8.80. The van der Waals surface area contributed by atoms with Gasteiger partial charge in [-0.25, -0.2) is 9.97 Å². The molecule has 1 aromatic rings. The van der Waals surface area contributed by atoms with Crippen LogP contribution in [0.15, 0.2) is 12.4 Å². The Morgan fingerprint density at radius 1 is 1.50 bits per heavy atom. The van der Waals surface area contributed by atoms with Gasteiger partial charge in [0.1, 0.15) is 0 Å². The van der Waals surface area contributed by atoms with Crippen LogP contribution in [0.5, 0.6) is 0 Å². The van der Waals surface area contributed by atoms with Crippen LogP contribution in [0.4, 0.5) is 5.95 Å². The first-order chi connectivity index (χ1) is 6.83. The summed E-state index contributed by atoms with van der Waals surface area (Å²) in [5.41, 5.74) is 0.734. The van der Waals surface area contributed by atoms with Gasteiger partial charge in [0.25, 0.3) is 0 Å². The van der Waals surface area contributed by atoms with Crippen LogP contribution in [-0.4, -0.2) is 48.8 Å². The summed E-state index contributed by atoms with van der Waals surface area (Å²) in [7, 11) is 1.69. The van der Waals surface area contributed by atoms with Gasteiger partial charge in [0.15, 0.2) is 0 Å². The van der Waals surface area contributed by atoms with E-state index >= 15 is 0 Å². The minimum Gasteiger partial charge on any atom is -0.449 e. The lowest BCUT2D eigenvalue weighted by Crippen LogP contribution is -2.52. The average molecular weight is 193 g/mol. The van der Waals surface area contributed by atoms with Crippen molar-refractivity contribution in [2.24, 2.45) is 0 Å². The molecule has 2 heterocycles. The number of nitrogens with zero attached hydrogens (tertiary/aromatic N) is 3. The van der Waals surface area contributed by atoms with Crippen molar-refractivity contribution < 1.29 is 9.76 Å². The molecule has 0 amide bonds. The molecule has 0 aromatic carbocycles. The predicted molar refractivity (Wildman–Crippen MR) is 54.0 cm³/mol. The first-order valence-corrected chi connectivity index (χ1v) is 4.53. The highest BCUT2D eigenvalue weighted by atomic mass is 16.5. The van der Waals surface area contributed by atoms with E-state index < -0.39 is 0 Å².